The minimum absolute atomic E-state index is 0.114. The first-order valence-corrected chi connectivity index (χ1v) is 13.7. The van der Waals surface area contributed by atoms with E-state index in [2.05, 4.69) is 30.6 Å². The summed E-state index contributed by atoms with van der Waals surface area (Å²) in [4.78, 5) is 32.9. The lowest BCUT2D eigenvalue weighted by Gasteiger charge is -2.37. The van der Waals surface area contributed by atoms with Crippen LogP contribution < -0.4 is 0 Å². The van der Waals surface area contributed by atoms with E-state index in [-0.39, 0.29) is 24.0 Å². The Morgan fingerprint density at radius 3 is 1.69 bits per heavy atom. The Morgan fingerprint density at radius 1 is 0.743 bits per heavy atom. The minimum Gasteiger partial charge on any atom is -0.381 e. The molecule has 2 rings (SSSR count). The third-order valence-corrected chi connectivity index (χ3v) is 7.53. The first-order valence-electron chi connectivity index (χ1n) is 12.9. The zero-order valence-corrected chi connectivity index (χ0v) is 24.1. The van der Waals surface area contributed by atoms with E-state index in [1.807, 2.05) is 20.8 Å². The maximum atomic E-state index is 12.4. The predicted octanol–water partition coefficient (Wildman–Crippen LogP) is 4.06. The molecular weight excluding hydrogens is 484 g/mol. The van der Waals surface area contributed by atoms with Crippen LogP contribution in [-0.2, 0) is 14.3 Å². The molecule has 0 aromatic carbocycles. The van der Waals surface area contributed by atoms with Gasteiger partial charge in [0.25, 0.3) is 5.91 Å². The lowest BCUT2D eigenvalue weighted by molar-refractivity contribution is -0.129. The highest BCUT2D eigenvalue weighted by Gasteiger charge is 2.43. The van der Waals surface area contributed by atoms with Crippen molar-refractivity contribution in [3.8, 4) is 0 Å². The van der Waals surface area contributed by atoms with Gasteiger partial charge in [0.15, 0.2) is 5.11 Å². The SMILES string of the molecule is CCN1CC(=O)N(C(C)(C)CCCOCCCOCCCC(C)(C)N2C(=S)CN(CC)C2=S)C1=O. The van der Waals surface area contributed by atoms with E-state index in [9.17, 15) is 9.59 Å². The fraction of sp³-hybridized carbons (Fsp3) is 0.840. The number of imide groups is 1. The van der Waals surface area contributed by atoms with E-state index in [0.29, 0.717) is 39.4 Å². The molecule has 2 aliphatic rings. The summed E-state index contributed by atoms with van der Waals surface area (Å²) in [6.07, 6.45) is 4.25. The lowest BCUT2D eigenvalue weighted by Crippen LogP contribution is -2.48. The molecule has 2 fully saturated rings. The standard InChI is InChI=1S/C25H44N4O4S2/c1-7-26-18-20(30)28(22(26)31)24(3,4)12-9-14-32-16-11-17-33-15-10-13-25(5,6)29-21(34)19-27(8-2)23(29)35/h7-19H2,1-6H3. The van der Waals surface area contributed by atoms with Crippen molar-refractivity contribution < 1.29 is 19.1 Å². The number of nitrogens with zero attached hydrogens (tertiary/aromatic N) is 4. The molecule has 0 spiro atoms. The predicted molar refractivity (Wildman–Crippen MR) is 147 cm³/mol. The van der Waals surface area contributed by atoms with Gasteiger partial charge in [0.2, 0.25) is 0 Å². The molecule has 3 amide bonds. The van der Waals surface area contributed by atoms with Gasteiger partial charge in [-0.25, -0.2) is 4.79 Å². The van der Waals surface area contributed by atoms with Gasteiger partial charge in [0.1, 0.15) is 11.5 Å². The Labute approximate surface area is 222 Å². The topological polar surface area (TPSA) is 65.6 Å². The number of thiocarbonyl (C=S) groups is 2. The molecule has 2 aliphatic heterocycles. The number of carbonyl (C=O) groups is 2. The van der Waals surface area contributed by atoms with E-state index < -0.39 is 5.54 Å². The second-order valence-electron chi connectivity index (χ2n) is 10.5. The second-order valence-corrected chi connectivity index (χ2v) is 11.3. The number of urea groups is 1. The summed E-state index contributed by atoms with van der Waals surface area (Å²) in [6, 6.07) is -0.183. The van der Waals surface area contributed by atoms with Crippen LogP contribution in [0.4, 0.5) is 4.79 Å². The minimum atomic E-state index is -0.504. The maximum Gasteiger partial charge on any atom is 0.327 e. The molecule has 0 aliphatic carbocycles. The summed E-state index contributed by atoms with van der Waals surface area (Å²) < 4.78 is 11.5. The molecule has 0 unspecified atom stereocenters. The molecular formula is C25H44N4O4S2. The van der Waals surface area contributed by atoms with Crippen LogP contribution in [0, 0.1) is 0 Å². The highest BCUT2D eigenvalue weighted by molar-refractivity contribution is 7.82. The number of rotatable bonds is 16. The summed E-state index contributed by atoms with van der Waals surface area (Å²) in [5, 5.41) is 0.838. The van der Waals surface area contributed by atoms with Gasteiger partial charge in [-0.3, -0.25) is 9.69 Å². The van der Waals surface area contributed by atoms with Crippen molar-refractivity contribution in [1.82, 2.24) is 19.6 Å². The van der Waals surface area contributed by atoms with Crippen LogP contribution in [0.25, 0.3) is 0 Å². The average Bonchev–Trinajstić information content (AvgIpc) is 3.25. The highest BCUT2D eigenvalue weighted by Crippen LogP contribution is 2.28. The molecule has 0 aromatic heterocycles. The lowest BCUT2D eigenvalue weighted by atomic mass is 9.96. The summed E-state index contributed by atoms with van der Waals surface area (Å²) in [5.41, 5.74) is -0.618. The zero-order chi connectivity index (χ0) is 26.2. The van der Waals surface area contributed by atoms with Crippen LogP contribution >= 0.6 is 24.4 Å². The van der Waals surface area contributed by atoms with Gasteiger partial charge < -0.3 is 24.2 Å². The van der Waals surface area contributed by atoms with Gasteiger partial charge in [-0.05, 0) is 85.9 Å². The third kappa shape index (κ3) is 7.81. The first kappa shape index (κ1) is 29.9. The van der Waals surface area contributed by atoms with Crippen molar-refractivity contribution in [3.63, 3.8) is 0 Å². The van der Waals surface area contributed by atoms with Gasteiger partial charge in [-0.15, -0.1) is 0 Å². The molecule has 2 heterocycles. The van der Waals surface area contributed by atoms with Crippen molar-refractivity contribution in [3.05, 3.63) is 0 Å². The molecule has 10 heteroatoms. The molecule has 8 nitrogen and oxygen atoms in total. The summed E-state index contributed by atoms with van der Waals surface area (Å²) in [5.74, 6) is -0.114. The van der Waals surface area contributed by atoms with Gasteiger partial charge in [-0.2, -0.15) is 0 Å². The smallest absolute Gasteiger partial charge is 0.327 e. The van der Waals surface area contributed by atoms with Crippen molar-refractivity contribution >= 4 is 46.5 Å². The molecule has 0 aromatic rings. The fourth-order valence-corrected chi connectivity index (χ4v) is 5.79. The average molecular weight is 529 g/mol. The number of amides is 3. The summed E-state index contributed by atoms with van der Waals surface area (Å²) in [7, 11) is 0. The quantitative estimate of drug-likeness (QED) is 0.169. The fourth-order valence-electron chi connectivity index (χ4n) is 4.69. The Hall–Kier alpha value is -1.36. The van der Waals surface area contributed by atoms with Crippen LogP contribution in [0.2, 0.25) is 0 Å². The van der Waals surface area contributed by atoms with E-state index in [1.54, 1.807) is 4.90 Å². The number of hydrogen-bond acceptors (Lipinski definition) is 6. The molecule has 200 valence electrons. The van der Waals surface area contributed by atoms with Crippen LogP contribution in [0.3, 0.4) is 0 Å². The highest BCUT2D eigenvalue weighted by atomic mass is 32.1. The number of ether oxygens (including phenoxy) is 2. The Morgan fingerprint density at radius 2 is 1.23 bits per heavy atom. The van der Waals surface area contributed by atoms with Crippen LogP contribution in [0.1, 0.15) is 73.6 Å². The van der Waals surface area contributed by atoms with Crippen molar-refractivity contribution in [2.45, 2.75) is 84.7 Å². The maximum absolute atomic E-state index is 12.4. The molecule has 0 saturated carbocycles. The van der Waals surface area contributed by atoms with Crippen LogP contribution in [-0.4, -0.2) is 105 Å². The first-order chi connectivity index (χ1) is 16.5. The summed E-state index contributed by atoms with van der Waals surface area (Å²) >= 11 is 11.2. The van der Waals surface area contributed by atoms with Crippen molar-refractivity contribution in [2.24, 2.45) is 0 Å². The van der Waals surface area contributed by atoms with E-state index in [4.69, 9.17) is 33.9 Å². The molecule has 0 atom stereocenters. The molecule has 35 heavy (non-hydrogen) atoms. The van der Waals surface area contributed by atoms with E-state index in [0.717, 1.165) is 48.9 Å². The van der Waals surface area contributed by atoms with Crippen LogP contribution in [0.15, 0.2) is 0 Å². The largest absolute Gasteiger partial charge is 0.381 e. The van der Waals surface area contributed by atoms with Gasteiger partial charge in [0.05, 0.1) is 6.54 Å². The molecule has 0 radical (unpaired) electrons. The monoisotopic (exact) mass is 528 g/mol. The normalized spacial score (nSPS) is 17.5. The Kier molecular flexibility index (Phi) is 11.3. The summed E-state index contributed by atoms with van der Waals surface area (Å²) in [6.45, 7) is 17.2. The molecule has 0 N–H and O–H groups in total. The Bertz CT molecular complexity index is 713. The number of hydrogen-bond donors (Lipinski definition) is 0. The number of carbonyl (C=O) groups excluding carboxylic acids is 2. The van der Waals surface area contributed by atoms with Crippen molar-refractivity contribution in [1.29, 1.82) is 0 Å². The number of likely N-dealkylation sites (N-methyl/N-ethyl adjacent to an activating group) is 2. The van der Waals surface area contributed by atoms with E-state index >= 15 is 0 Å². The van der Waals surface area contributed by atoms with Gasteiger partial charge >= 0.3 is 6.03 Å². The third-order valence-electron chi connectivity index (χ3n) is 6.78. The van der Waals surface area contributed by atoms with E-state index in [1.165, 1.54) is 4.90 Å². The van der Waals surface area contributed by atoms with Gasteiger partial charge in [-0.1, -0.05) is 12.2 Å². The Balaban J connectivity index is 1.53. The second kappa shape index (κ2) is 13.3. The van der Waals surface area contributed by atoms with Crippen LogP contribution in [0.5, 0.6) is 0 Å². The van der Waals surface area contributed by atoms with Gasteiger partial charge in [0, 0.05) is 50.6 Å². The zero-order valence-electron chi connectivity index (χ0n) is 22.4. The molecule has 2 saturated heterocycles. The van der Waals surface area contributed by atoms with Crippen molar-refractivity contribution in [2.75, 3.05) is 52.6 Å². The molecule has 0 bridgehead atoms.